The van der Waals surface area contributed by atoms with Crippen molar-refractivity contribution in [1.29, 1.82) is 0 Å². The summed E-state index contributed by atoms with van der Waals surface area (Å²) in [4.78, 5) is 70.4. The first-order chi connectivity index (χ1) is 44.2. The molecule has 93 heavy (non-hydrogen) atoms. The van der Waals surface area contributed by atoms with Crippen LogP contribution in [0.2, 0.25) is 4.34 Å². The molecular formula is C60H72ClF6N13O7S6. The van der Waals surface area contributed by atoms with Gasteiger partial charge in [0.25, 0.3) is 11.8 Å². The predicted molar refractivity (Wildman–Crippen MR) is 354 cm³/mol. The topological polar surface area (TPSA) is 225 Å². The number of aryl methyl sites for hydroxylation is 1. The fourth-order valence-electron chi connectivity index (χ4n) is 12.5. The number of hydrogen-bond donors (Lipinski definition) is 0. The normalized spacial score (nSPS) is 27.9. The Labute approximate surface area is 553 Å². The summed E-state index contributed by atoms with van der Waals surface area (Å²) in [5.41, 5.74) is 1.72. The van der Waals surface area contributed by atoms with Gasteiger partial charge in [-0.15, -0.1) is 32.9 Å². The quantitative estimate of drug-likeness (QED) is 0.0871. The second-order valence-corrected chi connectivity index (χ2v) is 36.8. The van der Waals surface area contributed by atoms with Crippen LogP contribution in [0.1, 0.15) is 119 Å². The number of benzene rings is 1. The van der Waals surface area contributed by atoms with Crippen LogP contribution in [0.25, 0.3) is 0 Å². The molecule has 3 amide bonds. The van der Waals surface area contributed by atoms with Gasteiger partial charge in [-0.2, -0.15) is 26.9 Å². The molecule has 504 valence electrons. The molecule has 0 spiro atoms. The number of carbonyl (C=O) groups excluding carboxylic acids is 3. The summed E-state index contributed by atoms with van der Waals surface area (Å²) in [6.45, 7) is 5.80. The molecule has 0 bridgehead atoms. The van der Waals surface area contributed by atoms with E-state index in [1.807, 2.05) is 41.2 Å². The zero-order chi connectivity index (χ0) is 66.1. The van der Waals surface area contributed by atoms with Gasteiger partial charge in [-0.1, -0.05) is 35.1 Å². The van der Waals surface area contributed by atoms with Crippen LogP contribution in [-0.4, -0.2) is 191 Å². The highest BCUT2D eigenvalue weighted by Gasteiger charge is 2.43. The van der Waals surface area contributed by atoms with Gasteiger partial charge in [-0.25, -0.2) is 19.3 Å². The Morgan fingerprint density at radius 1 is 0.645 bits per heavy atom. The molecule has 6 saturated heterocycles. The minimum absolute atomic E-state index is 0.0133. The van der Waals surface area contributed by atoms with Crippen LogP contribution >= 0.6 is 45.6 Å². The number of aromatic nitrogens is 7. The zero-order valence-electron chi connectivity index (χ0n) is 51.0. The largest absolute Gasteiger partial charge is 0.445 e. The fraction of sp³-hybridized carbons (Fsp3) is 0.550. The van der Waals surface area contributed by atoms with Gasteiger partial charge in [-0.3, -0.25) is 27.0 Å². The van der Waals surface area contributed by atoms with Crippen LogP contribution in [-0.2, 0) is 49.1 Å². The molecule has 20 nitrogen and oxygen atoms in total. The molecule has 6 aromatic rings. The molecular weight excluding hydrogens is 1360 g/mol. The van der Waals surface area contributed by atoms with Crippen molar-refractivity contribution in [3.63, 3.8) is 0 Å². The number of halogens is 7. The van der Waals surface area contributed by atoms with E-state index in [4.69, 9.17) is 11.6 Å². The maximum absolute atomic E-state index is 14.1. The fourth-order valence-corrected chi connectivity index (χ4v) is 20.2. The van der Waals surface area contributed by atoms with E-state index in [2.05, 4.69) is 62.3 Å². The lowest BCUT2D eigenvalue weighted by molar-refractivity contribution is -0.139. The Morgan fingerprint density at radius 2 is 1.17 bits per heavy atom. The van der Waals surface area contributed by atoms with Crippen molar-refractivity contribution < 1.29 is 57.9 Å². The SMILES string of the molecule is C=S1(=O)CCC(C(=O)N2CCN(c3cnc(C4CC4)nc3)CC2c2cccc(F)c2)CC1.C=S1(=O)CCC(C(=O)N2CCN(c3nnc(C(F)(F)F)s3)CC2c2ncc(C)s2)CC1.C=S1(=O)CCC(C(=O)N2CCN(c3noc(C(F)F)n3)CC2c2ccc(Cl)s2)CC1. The molecule has 3 atom stereocenters. The van der Waals surface area contributed by atoms with Gasteiger partial charge in [0, 0.05) is 133 Å². The highest BCUT2D eigenvalue weighted by Crippen LogP contribution is 2.42. The maximum Gasteiger partial charge on any atom is 0.445 e. The van der Waals surface area contributed by atoms with Gasteiger partial charge in [0.15, 0.2) is 0 Å². The number of nitrogens with zero attached hydrogens (tertiary/aromatic N) is 13. The number of hydrogen-bond acceptors (Lipinski definition) is 20. The van der Waals surface area contributed by atoms with E-state index in [0.717, 1.165) is 44.7 Å². The average molecular weight is 1430 g/mol. The number of carbonyl (C=O) groups is 3. The number of rotatable bonds is 11. The molecule has 1 aliphatic carbocycles. The lowest BCUT2D eigenvalue weighted by atomic mass is 9.96. The number of alkyl halides is 5. The van der Waals surface area contributed by atoms with E-state index in [0.29, 0.717) is 154 Å². The van der Waals surface area contributed by atoms with Crippen molar-refractivity contribution in [3.8, 4) is 0 Å². The van der Waals surface area contributed by atoms with Crippen molar-refractivity contribution in [2.75, 3.05) is 108 Å². The van der Waals surface area contributed by atoms with Crippen LogP contribution in [0.15, 0.2) is 59.5 Å². The smallest absolute Gasteiger partial charge is 0.365 e. The summed E-state index contributed by atoms with van der Waals surface area (Å²) >= 11 is 9.47. The van der Waals surface area contributed by atoms with Gasteiger partial charge < -0.3 is 33.9 Å². The van der Waals surface area contributed by atoms with E-state index in [1.165, 1.54) is 34.8 Å². The van der Waals surface area contributed by atoms with Gasteiger partial charge in [-0.05, 0) is 139 Å². The third-order valence-corrected chi connectivity index (χ3v) is 27.2. The third-order valence-electron chi connectivity index (χ3n) is 17.9. The second-order valence-electron chi connectivity index (χ2n) is 24.6. The van der Waals surface area contributed by atoms with Gasteiger partial charge in [0.1, 0.15) is 22.7 Å². The van der Waals surface area contributed by atoms with Gasteiger partial charge in [0.2, 0.25) is 27.9 Å². The molecule has 7 aliphatic rings. The molecule has 0 radical (unpaired) electrons. The highest BCUT2D eigenvalue weighted by molar-refractivity contribution is 8.00. The average Bonchev–Trinajstić information content (AvgIpc) is 1.72. The number of amides is 3. The maximum atomic E-state index is 14.1. The van der Waals surface area contributed by atoms with Crippen molar-refractivity contribution in [2.45, 2.75) is 94.9 Å². The van der Waals surface area contributed by atoms with Crippen LogP contribution in [0, 0.1) is 30.5 Å². The predicted octanol–water partition coefficient (Wildman–Crippen LogP) is 9.09. The summed E-state index contributed by atoms with van der Waals surface area (Å²) in [6, 6.07) is 9.19. The van der Waals surface area contributed by atoms with Crippen molar-refractivity contribution in [1.82, 2.24) is 50.0 Å². The molecule has 33 heteroatoms. The standard InChI is InChI=1S/C24H29FN4O2S.C18H21ClF2N4O3S2.C18H22F3N5O2S3/c1-32(31)11-7-18(8-12-32)24(30)29-10-9-28(16-22(29)19-3-2-4-20(25)13-19)21-14-26-23(27-15-21)17-5-6-17;1-30(27)8-4-11(5-9-30)17(26)25-7-6-24(18-22-16(15(20)21)28-23-18)10-12(25)13-2-3-14(19)29-13;1-11-9-22-14(29-11)13-10-25(17-24-23-16(30-17)18(19,20)21)5-6-26(13)15(27)12-3-7-31(2,28)8-4-12/h2-4,13-15,17-18,22H,1,5-12,16H2;2-3,11-12,15H,1,4-10H2;9,12-13H,2-8,10H2,1H3. The molecule has 13 rings (SSSR count). The molecule has 1 aromatic carbocycles. The number of piperazine rings is 3. The van der Waals surface area contributed by atoms with E-state index in [-0.39, 0.29) is 70.5 Å². The van der Waals surface area contributed by atoms with Crippen molar-refractivity contribution >= 4 is 126 Å². The van der Waals surface area contributed by atoms with Gasteiger partial charge in [0.05, 0.1) is 34.5 Å². The first-order valence-corrected chi connectivity index (χ1v) is 39.6. The van der Waals surface area contributed by atoms with E-state index in [9.17, 15) is 53.4 Å². The molecule has 1 saturated carbocycles. The van der Waals surface area contributed by atoms with E-state index >= 15 is 0 Å². The zero-order valence-corrected chi connectivity index (χ0v) is 56.6. The summed E-state index contributed by atoms with van der Waals surface area (Å²) in [5.74, 6) is 14.1. The molecule has 5 aromatic heterocycles. The first kappa shape index (κ1) is 68.5. The number of anilines is 3. The van der Waals surface area contributed by atoms with Gasteiger partial charge >= 0.3 is 12.6 Å². The molecule has 6 aliphatic heterocycles. The molecule has 3 unspecified atom stereocenters. The number of thiazole rings is 1. The summed E-state index contributed by atoms with van der Waals surface area (Å²) in [7, 11) is -6.21. The van der Waals surface area contributed by atoms with E-state index in [1.54, 1.807) is 33.0 Å². The first-order valence-electron chi connectivity index (χ1n) is 30.6. The molecule has 11 heterocycles. The third kappa shape index (κ3) is 16.8. The monoisotopic (exact) mass is 1430 g/mol. The second kappa shape index (κ2) is 28.4. The Balaban J connectivity index is 0.000000143. The lowest BCUT2D eigenvalue weighted by Gasteiger charge is -2.44. The van der Waals surface area contributed by atoms with Crippen LogP contribution in [0.5, 0.6) is 0 Å². The molecule has 0 N–H and O–H groups in total. The minimum Gasteiger partial charge on any atom is -0.365 e. The summed E-state index contributed by atoms with van der Waals surface area (Å²) < 4.78 is 120. The Bertz CT molecular complexity index is 3960. The Morgan fingerprint density at radius 3 is 1.66 bits per heavy atom. The van der Waals surface area contributed by atoms with Crippen LogP contribution < -0.4 is 14.7 Å². The Hall–Kier alpha value is -5.93. The Kier molecular flexibility index (Phi) is 20.9. The van der Waals surface area contributed by atoms with Crippen molar-refractivity contribution in [2.24, 2.45) is 17.8 Å². The van der Waals surface area contributed by atoms with Crippen LogP contribution in [0.4, 0.5) is 43.1 Å². The summed E-state index contributed by atoms with van der Waals surface area (Å²) in [5, 5.41) is 10.6. The highest BCUT2D eigenvalue weighted by atomic mass is 35.5. The van der Waals surface area contributed by atoms with Crippen molar-refractivity contribution in [3.05, 3.63) is 102 Å². The summed E-state index contributed by atoms with van der Waals surface area (Å²) in [6.07, 6.45) is 3.81. The van der Waals surface area contributed by atoms with E-state index < -0.39 is 52.1 Å². The minimum atomic E-state index is -4.53. The number of thiophene rings is 1. The molecule has 7 fully saturated rings. The lowest BCUT2D eigenvalue weighted by Crippen LogP contribution is -2.53. The van der Waals surface area contributed by atoms with Crippen LogP contribution in [0.3, 0.4) is 0 Å².